The number of carbonyl (C=O) groups excluding carboxylic acids is 1. The first-order valence-electron chi connectivity index (χ1n) is 13.1. The normalized spacial score (nSPS) is 30.5. The fraction of sp³-hybridized carbons (Fsp3) is 0.741. The molecule has 0 bridgehead atoms. The first-order valence-corrected chi connectivity index (χ1v) is 13.1. The molecule has 2 heterocycles. The largest absolute Gasteiger partial charge is 0.342 e. The van der Waals surface area contributed by atoms with Gasteiger partial charge in [-0.1, -0.05) is 75.3 Å². The Hall–Kier alpha value is -1.39. The summed E-state index contributed by atoms with van der Waals surface area (Å²) in [5, 5.41) is 3.22. The van der Waals surface area contributed by atoms with Crippen LogP contribution in [0.5, 0.6) is 0 Å². The monoisotopic (exact) mass is 423 g/mol. The van der Waals surface area contributed by atoms with E-state index in [0.717, 1.165) is 45.1 Å². The van der Waals surface area contributed by atoms with E-state index in [1.54, 1.807) is 0 Å². The third kappa shape index (κ3) is 4.43. The molecule has 5 rings (SSSR count). The highest BCUT2D eigenvalue weighted by atomic mass is 16.2. The lowest BCUT2D eigenvalue weighted by atomic mass is 9.77. The molecule has 1 spiro atoms. The summed E-state index contributed by atoms with van der Waals surface area (Å²) in [7, 11) is 0. The molecule has 2 saturated heterocycles. The predicted octanol–water partition coefficient (Wildman–Crippen LogP) is 4.91. The molecule has 1 aromatic carbocycles. The molecule has 2 atom stereocenters. The molecule has 170 valence electrons. The van der Waals surface area contributed by atoms with E-state index < -0.39 is 0 Å². The summed E-state index contributed by atoms with van der Waals surface area (Å²) in [6.07, 6.45) is 15.6. The molecule has 1 amide bonds. The number of benzene rings is 1. The number of nitrogens with one attached hydrogen (secondary N) is 1. The Morgan fingerprint density at radius 1 is 0.903 bits per heavy atom. The Kier molecular flexibility index (Phi) is 6.66. The van der Waals surface area contributed by atoms with E-state index in [4.69, 9.17) is 0 Å². The van der Waals surface area contributed by atoms with Crippen LogP contribution in [0.4, 0.5) is 0 Å². The van der Waals surface area contributed by atoms with Gasteiger partial charge in [-0.3, -0.25) is 14.6 Å². The zero-order valence-corrected chi connectivity index (χ0v) is 19.2. The lowest BCUT2D eigenvalue weighted by molar-refractivity contribution is -0.129. The average Bonchev–Trinajstić information content (AvgIpc) is 3.14. The molecule has 2 saturated carbocycles. The molecular formula is C27H41N3O. The topological polar surface area (TPSA) is 35.6 Å². The van der Waals surface area contributed by atoms with Crippen molar-refractivity contribution in [2.45, 2.75) is 94.5 Å². The molecule has 0 aromatic heterocycles. The van der Waals surface area contributed by atoms with Crippen LogP contribution < -0.4 is 5.32 Å². The number of piperidine rings is 1. The SMILES string of the molecule is O=C1NCN(CCC2CCCCC2)C12CCN([C@H]1CCCC[C@H]1c1ccccc1)CC2. The van der Waals surface area contributed by atoms with Gasteiger partial charge in [0.25, 0.3) is 0 Å². The summed E-state index contributed by atoms with van der Waals surface area (Å²) in [4.78, 5) is 18.3. The summed E-state index contributed by atoms with van der Waals surface area (Å²) in [6, 6.07) is 11.8. The molecule has 2 aliphatic carbocycles. The summed E-state index contributed by atoms with van der Waals surface area (Å²) in [6.45, 7) is 4.00. The molecule has 31 heavy (non-hydrogen) atoms. The summed E-state index contributed by atoms with van der Waals surface area (Å²) >= 11 is 0. The van der Waals surface area contributed by atoms with Crippen LogP contribution in [0.3, 0.4) is 0 Å². The number of likely N-dealkylation sites (tertiary alicyclic amines) is 1. The Bertz CT molecular complexity index is 721. The number of rotatable bonds is 5. The van der Waals surface area contributed by atoms with Gasteiger partial charge >= 0.3 is 0 Å². The van der Waals surface area contributed by atoms with Gasteiger partial charge in [0, 0.05) is 25.7 Å². The van der Waals surface area contributed by atoms with Crippen molar-refractivity contribution in [2.24, 2.45) is 5.92 Å². The molecular weight excluding hydrogens is 382 g/mol. The second-order valence-corrected chi connectivity index (χ2v) is 10.7. The van der Waals surface area contributed by atoms with E-state index in [0.29, 0.717) is 17.9 Å². The van der Waals surface area contributed by atoms with E-state index in [-0.39, 0.29) is 5.54 Å². The second-order valence-electron chi connectivity index (χ2n) is 10.7. The number of carbonyl (C=O) groups is 1. The Labute approximate surface area is 188 Å². The lowest BCUT2D eigenvalue weighted by Gasteiger charge is -2.48. The summed E-state index contributed by atoms with van der Waals surface area (Å²) in [5.74, 6) is 1.85. The third-order valence-corrected chi connectivity index (χ3v) is 9.04. The Morgan fingerprint density at radius 3 is 2.39 bits per heavy atom. The highest BCUT2D eigenvalue weighted by Gasteiger charge is 2.51. The zero-order chi connectivity index (χ0) is 21.1. The van der Waals surface area contributed by atoms with Crippen LogP contribution in [0, 0.1) is 5.92 Å². The standard InChI is InChI=1S/C27H41N3O/c31-26-27(30(21-28-26)18-15-22-9-3-1-4-10-22)16-19-29(20-17-27)25-14-8-7-13-24(25)23-11-5-2-6-12-23/h2,5-6,11-12,22,24-25H,1,3-4,7-10,13-21H2,(H,28,31)/t24-,25-/m0/s1. The first kappa shape index (κ1) is 21.5. The number of amides is 1. The molecule has 1 aromatic rings. The van der Waals surface area contributed by atoms with Crippen molar-refractivity contribution < 1.29 is 4.79 Å². The van der Waals surface area contributed by atoms with Crippen molar-refractivity contribution >= 4 is 5.91 Å². The van der Waals surface area contributed by atoms with E-state index in [1.807, 2.05) is 0 Å². The molecule has 1 N–H and O–H groups in total. The minimum Gasteiger partial charge on any atom is -0.342 e. The van der Waals surface area contributed by atoms with Gasteiger partial charge in [-0.05, 0) is 49.5 Å². The number of nitrogens with zero attached hydrogens (tertiary/aromatic N) is 2. The van der Waals surface area contributed by atoms with Crippen molar-refractivity contribution in [1.82, 2.24) is 15.1 Å². The van der Waals surface area contributed by atoms with E-state index >= 15 is 0 Å². The fourth-order valence-electron chi connectivity index (χ4n) is 7.14. The van der Waals surface area contributed by atoms with Crippen molar-refractivity contribution in [3.8, 4) is 0 Å². The maximum absolute atomic E-state index is 13.0. The van der Waals surface area contributed by atoms with Gasteiger partial charge in [-0.15, -0.1) is 0 Å². The quantitative estimate of drug-likeness (QED) is 0.731. The van der Waals surface area contributed by atoms with E-state index in [2.05, 4.69) is 45.4 Å². The molecule has 4 fully saturated rings. The van der Waals surface area contributed by atoms with Gasteiger partial charge in [0.15, 0.2) is 0 Å². The summed E-state index contributed by atoms with van der Waals surface area (Å²) < 4.78 is 0. The van der Waals surface area contributed by atoms with Crippen LogP contribution >= 0.6 is 0 Å². The lowest BCUT2D eigenvalue weighted by Crippen LogP contribution is -2.58. The smallest absolute Gasteiger partial charge is 0.241 e. The highest BCUT2D eigenvalue weighted by Crippen LogP contribution is 2.40. The Morgan fingerprint density at radius 2 is 1.61 bits per heavy atom. The fourth-order valence-corrected chi connectivity index (χ4v) is 7.14. The number of hydrogen-bond donors (Lipinski definition) is 1. The molecule has 4 aliphatic rings. The van der Waals surface area contributed by atoms with Crippen LogP contribution in [-0.2, 0) is 4.79 Å². The van der Waals surface area contributed by atoms with Crippen molar-refractivity contribution in [3.05, 3.63) is 35.9 Å². The van der Waals surface area contributed by atoms with Gasteiger partial charge in [-0.25, -0.2) is 0 Å². The van der Waals surface area contributed by atoms with Gasteiger partial charge in [0.2, 0.25) is 5.91 Å². The van der Waals surface area contributed by atoms with Crippen molar-refractivity contribution in [3.63, 3.8) is 0 Å². The van der Waals surface area contributed by atoms with E-state index in [9.17, 15) is 4.79 Å². The average molecular weight is 424 g/mol. The zero-order valence-electron chi connectivity index (χ0n) is 19.2. The van der Waals surface area contributed by atoms with Crippen LogP contribution in [-0.4, -0.2) is 53.6 Å². The molecule has 2 aliphatic heterocycles. The van der Waals surface area contributed by atoms with E-state index in [1.165, 1.54) is 69.8 Å². The minimum atomic E-state index is -0.234. The maximum Gasteiger partial charge on any atom is 0.241 e. The second kappa shape index (κ2) is 9.62. The third-order valence-electron chi connectivity index (χ3n) is 9.04. The van der Waals surface area contributed by atoms with Crippen molar-refractivity contribution in [1.29, 1.82) is 0 Å². The van der Waals surface area contributed by atoms with Gasteiger partial charge in [-0.2, -0.15) is 0 Å². The number of hydrogen-bond acceptors (Lipinski definition) is 3. The van der Waals surface area contributed by atoms with Crippen LogP contribution in [0.15, 0.2) is 30.3 Å². The molecule has 4 heteroatoms. The molecule has 0 radical (unpaired) electrons. The molecule has 0 unspecified atom stereocenters. The summed E-state index contributed by atoms with van der Waals surface area (Å²) in [5.41, 5.74) is 1.28. The first-order chi connectivity index (χ1) is 15.3. The van der Waals surface area contributed by atoms with Crippen LogP contribution in [0.2, 0.25) is 0 Å². The Balaban J connectivity index is 1.23. The maximum atomic E-state index is 13.0. The van der Waals surface area contributed by atoms with Gasteiger partial charge in [0.1, 0.15) is 5.54 Å². The highest BCUT2D eigenvalue weighted by molar-refractivity contribution is 5.88. The van der Waals surface area contributed by atoms with Gasteiger partial charge in [0.05, 0.1) is 6.67 Å². The van der Waals surface area contributed by atoms with Crippen molar-refractivity contribution in [2.75, 3.05) is 26.3 Å². The molecule has 4 nitrogen and oxygen atoms in total. The minimum absolute atomic E-state index is 0.234. The van der Waals surface area contributed by atoms with Crippen LogP contribution in [0.25, 0.3) is 0 Å². The van der Waals surface area contributed by atoms with Crippen LogP contribution in [0.1, 0.15) is 88.5 Å². The van der Waals surface area contributed by atoms with Gasteiger partial charge < -0.3 is 5.32 Å². The predicted molar refractivity (Wildman–Crippen MR) is 126 cm³/mol.